The highest BCUT2D eigenvalue weighted by Gasteiger charge is 2.33. The maximum absolute atomic E-state index is 12.3. The predicted octanol–water partition coefficient (Wildman–Crippen LogP) is 2.19. The van der Waals surface area contributed by atoms with E-state index >= 15 is 0 Å². The Morgan fingerprint density at radius 2 is 2.18 bits per heavy atom. The first-order valence-corrected chi connectivity index (χ1v) is 6.96. The van der Waals surface area contributed by atoms with Crippen molar-refractivity contribution in [2.75, 3.05) is 13.1 Å². The van der Waals surface area contributed by atoms with Crippen LogP contribution in [0, 0.1) is 17.8 Å². The van der Waals surface area contributed by atoms with Crippen molar-refractivity contribution in [3.05, 3.63) is 0 Å². The van der Waals surface area contributed by atoms with Crippen LogP contribution >= 0.6 is 12.2 Å². The van der Waals surface area contributed by atoms with E-state index in [1.54, 1.807) is 0 Å². The summed E-state index contributed by atoms with van der Waals surface area (Å²) < 4.78 is 0. The molecular weight excluding hydrogens is 232 g/mol. The minimum atomic E-state index is -0.287. The Kier molecular flexibility index (Phi) is 5.37. The van der Waals surface area contributed by atoms with Crippen LogP contribution in [0.25, 0.3) is 0 Å². The average Bonchev–Trinajstić information content (AvgIpc) is 2.65. The highest BCUT2D eigenvalue weighted by molar-refractivity contribution is 7.80. The Morgan fingerprint density at radius 1 is 1.53 bits per heavy atom. The molecule has 1 fully saturated rings. The minimum absolute atomic E-state index is 0.131. The summed E-state index contributed by atoms with van der Waals surface area (Å²) in [6.45, 7) is 7.95. The van der Waals surface area contributed by atoms with Crippen LogP contribution in [0.3, 0.4) is 0 Å². The maximum atomic E-state index is 12.3. The van der Waals surface area contributed by atoms with E-state index in [2.05, 4.69) is 6.92 Å². The van der Waals surface area contributed by atoms with Gasteiger partial charge in [0.25, 0.3) is 0 Å². The third-order valence-electron chi connectivity index (χ3n) is 3.53. The molecule has 1 saturated heterocycles. The van der Waals surface area contributed by atoms with Crippen molar-refractivity contribution in [1.82, 2.24) is 4.90 Å². The highest BCUT2D eigenvalue weighted by Crippen LogP contribution is 2.24. The second-order valence-electron chi connectivity index (χ2n) is 5.35. The van der Waals surface area contributed by atoms with Gasteiger partial charge >= 0.3 is 0 Å². The largest absolute Gasteiger partial charge is 0.393 e. The number of rotatable bonds is 5. The van der Waals surface area contributed by atoms with Gasteiger partial charge in [0, 0.05) is 13.1 Å². The molecule has 17 heavy (non-hydrogen) atoms. The molecule has 1 aliphatic heterocycles. The van der Waals surface area contributed by atoms with E-state index in [4.69, 9.17) is 18.0 Å². The highest BCUT2D eigenvalue weighted by atomic mass is 32.1. The monoisotopic (exact) mass is 256 g/mol. The fourth-order valence-electron chi connectivity index (χ4n) is 2.61. The normalized spacial score (nSPS) is 21.9. The number of thiocarbonyl (C=S) groups is 1. The molecule has 1 heterocycles. The lowest BCUT2D eigenvalue weighted by atomic mass is 9.94. The molecule has 98 valence electrons. The molecular formula is C13H24N2OS. The van der Waals surface area contributed by atoms with E-state index in [1.165, 1.54) is 12.8 Å². The molecule has 0 aromatic heterocycles. The Labute approximate surface area is 110 Å². The van der Waals surface area contributed by atoms with E-state index in [0.717, 1.165) is 19.5 Å². The lowest BCUT2D eigenvalue weighted by molar-refractivity contribution is -0.133. The van der Waals surface area contributed by atoms with Gasteiger partial charge in [-0.3, -0.25) is 4.79 Å². The zero-order valence-corrected chi connectivity index (χ0v) is 11.9. The van der Waals surface area contributed by atoms with Gasteiger partial charge in [-0.2, -0.15) is 0 Å². The molecule has 2 unspecified atom stereocenters. The van der Waals surface area contributed by atoms with E-state index in [-0.39, 0.29) is 17.7 Å². The first-order valence-electron chi connectivity index (χ1n) is 6.55. The van der Waals surface area contributed by atoms with Crippen molar-refractivity contribution < 1.29 is 4.79 Å². The van der Waals surface area contributed by atoms with E-state index < -0.39 is 0 Å². The van der Waals surface area contributed by atoms with Crippen LogP contribution in [0.15, 0.2) is 0 Å². The summed E-state index contributed by atoms with van der Waals surface area (Å²) in [4.78, 5) is 14.6. The van der Waals surface area contributed by atoms with Crippen LogP contribution in [0.2, 0.25) is 0 Å². The van der Waals surface area contributed by atoms with Crippen molar-refractivity contribution in [2.24, 2.45) is 23.5 Å². The van der Waals surface area contributed by atoms with E-state index in [9.17, 15) is 4.79 Å². The van der Waals surface area contributed by atoms with Gasteiger partial charge in [0.1, 0.15) is 0 Å². The van der Waals surface area contributed by atoms with Gasteiger partial charge < -0.3 is 10.6 Å². The van der Waals surface area contributed by atoms with Gasteiger partial charge in [-0.25, -0.2) is 0 Å². The molecule has 0 saturated carbocycles. The van der Waals surface area contributed by atoms with Crippen molar-refractivity contribution in [3.8, 4) is 0 Å². The molecule has 0 spiro atoms. The number of hydrogen-bond acceptors (Lipinski definition) is 2. The lowest BCUT2D eigenvalue weighted by Crippen LogP contribution is -2.42. The zero-order chi connectivity index (χ0) is 13.0. The van der Waals surface area contributed by atoms with Gasteiger partial charge in [-0.1, -0.05) is 39.4 Å². The minimum Gasteiger partial charge on any atom is -0.393 e. The summed E-state index contributed by atoms with van der Waals surface area (Å²) in [5.74, 6) is 0.699. The summed E-state index contributed by atoms with van der Waals surface area (Å²) in [6, 6.07) is 0. The molecule has 0 bridgehead atoms. The van der Waals surface area contributed by atoms with Gasteiger partial charge in [0.05, 0.1) is 10.9 Å². The van der Waals surface area contributed by atoms with Crippen LogP contribution < -0.4 is 5.73 Å². The van der Waals surface area contributed by atoms with Crippen LogP contribution in [0.1, 0.15) is 40.0 Å². The number of amides is 1. The second-order valence-corrected chi connectivity index (χ2v) is 5.82. The third kappa shape index (κ3) is 3.66. The van der Waals surface area contributed by atoms with Crippen molar-refractivity contribution in [1.29, 1.82) is 0 Å². The Hall–Kier alpha value is -0.640. The molecule has 4 heteroatoms. The fourth-order valence-corrected chi connectivity index (χ4v) is 2.98. The Morgan fingerprint density at radius 3 is 2.65 bits per heavy atom. The molecule has 0 aromatic carbocycles. The van der Waals surface area contributed by atoms with Crippen molar-refractivity contribution in [3.63, 3.8) is 0 Å². The SMILES string of the molecule is CCCC1CCN(C(=O)C(C(N)=S)C(C)C)C1. The van der Waals surface area contributed by atoms with Crippen LogP contribution in [0.5, 0.6) is 0 Å². The first-order chi connectivity index (χ1) is 7.97. The topological polar surface area (TPSA) is 46.3 Å². The molecule has 3 nitrogen and oxygen atoms in total. The zero-order valence-electron chi connectivity index (χ0n) is 11.1. The number of hydrogen-bond donors (Lipinski definition) is 1. The van der Waals surface area contributed by atoms with Crippen molar-refractivity contribution >= 4 is 23.1 Å². The maximum Gasteiger partial charge on any atom is 0.232 e. The smallest absolute Gasteiger partial charge is 0.232 e. The Bertz CT molecular complexity index is 291. The standard InChI is InChI=1S/C13H24N2OS/c1-4-5-10-6-7-15(8-10)13(16)11(9(2)3)12(14)17/h9-11H,4-8H2,1-3H3,(H2,14,17). The number of carbonyl (C=O) groups is 1. The van der Waals surface area contributed by atoms with Gasteiger partial charge in [0.15, 0.2) is 0 Å². The number of carbonyl (C=O) groups excluding carboxylic acids is 1. The molecule has 0 aliphatic carbocycles. The van der Waals surface area contributed by atoms with Crippen LogP contribution in [-0.2, 0) is 4.79 Å². The number of likely N-dealkylation sites (tertiary alicyclic amines) is 1. The molecule has 0 aromatic rings. The summed E-state index contributed by atoms with van der Waals surface area (Å²) in [6.07, 6.45) is 3.53. The van der Waals surface area contributed by atoms with Gasteiger partial charge in [0.2, 0.25) is 5.91 Å². The third-order valence-corrected chi connectivity index (χ3v) is 3.79. The number of nitrogens with two attached hydrogens (primary N) is 1. The number of nitrogens with zero attached hydrogens (tertiary/aromatic N) is 1. The van der Waals surface area contributed by atoms with Crippen LogP contribution in [0.4, 0.5) is 0 Å². The molecule has 2 atom stereocenters. The Balaban J connectivity index is 2.61. The van der Waals surface area contributed by atoms with E-state index in [0.29, 0.717) is 10.9 Å². The quantitative estimate of drug-likeness (QED) is 0.767. The molecule has 1 amide bonds. The molecule has 1 aliphatic rings. The molecule has 1 rings (SSSR count). The van der Waals surface area contributed by atoms with Crippen molar-refractivity contribution in [2.45, 2.75) is 40.0 Å². The average molecular weight is 256 g/mol. The summed E-state index contributed by atoms with van der Waals surface area (Å²) in [7, 11) is 0. The van der Waals surface area contributed by atoms with Gasteiger partial charge in [-0.15, -0.1) is 0 Å². The second kappa shape index (κ2) is 6.34. The predicted molar refractivity (Wildman–Crippen MR) is 74.7 cm³/mol. The summed E-state index contributed by atoms with van der Waals surface area (Å²) >= 11 is 5.02. The first kappa shape index (κ1) is 14.4. The lowest BCUT2D eigenvalue weighted by Gasteiger charge is -2.25. The van der Waals surface area contributed by atoms with Gasteiger partial charge in [-0.05, 0) is 24.7 Å². The summed E-state index contributed by atoms with van der Waals surface area (Å²) in [5, 5.41) is 0. The fraction of sp³-hybridized carbons (Fsp3) is 0.846. The van der Waals surface area contributed by atoms with E-state index in [1.807, 2.05) is 18.7 Å². The van der Waals surface area contributed by atoms with Crippen LogP contribution in [-0.4, -0.2) is 28.9 Å². The molecule has 0 radical (unpaired) electrons. The molecule has 2 N–H and O–H groups in total. The summed E-state index contributed by atoms with van der Waals surface area (Å²) in [5.41, 5.74) is 5.68.